The lowest BCUT2D eigenvalue weighted by Gasteiger charge is -2.07. The third-order valence-corrected chi connectivity index (χ3v) is 3.93. The summed E-state index contributed by atoms with van der Waals surface area (Å²) in [5.74, 6) is 0.857. The van der Waals surface area contributed by atoms with Gasteiger partial charge in [0.05, 0.1) is 6.54 Å². The van der Waals surface area contributed by atoms with E-state index in [-0.39, 0.29) is 5.91 Å². The quantitative estimate of drug-likeness (QED) is 0.604. The van der Waals surface area contributed by atoms with Gasteiger partial charge in [-0.05, 0) is 30.3 Å². The minimum absolute atomic E-state index is 0.0676. The van der Waals surface area contributed by atoms with E-state index >= 15 is 0 Å². The average Bonchev–Trinajstić information content (AvgIpc) is 2.48. The first-order chi connectivity index (χ1) is 10.2. The Balaban J connectivity index is 1.61. The molecule has 2 aromatic rings. The Morgan fingerprint density at radius 3 is 2.67 bits per heavy atom. The molecule has 0 bridgehead atoms. The second-order valence-electron chi connectivity index (χ2n) is 4.40. The molecule has 0 heterocycles. The number of anilines is 1. The first-order valence-electron chi connectivity index (χ1n) is 6.68. The highest BCUT2D eigenvalue weighted by Gasteiger charge is 2.02. The molecule has 5 heteroatoms. The summed E-state index contributed by atoms with van der Waals surface area (Å²) in [5.41, 5.74) is 0.716. The molecule has 2 N–H and O–H groups in total. The van der Waals surface area contributed by atoms with Gasteiger partial charge < -0.3 is 10.6 Å². The molecule has 0 unspecified atom stereocenters. The number of hydrogen-bond acceptors (Lipinski definition) is 3. The molecule has 0 saturated heterocycles. The van der Waals surface area contributed by atoms with E-state index in [2.05, 4.69) is 22.8 Å². The van der Waals surface area contributed by atoms with Crippen LogP contribution in [0.5, 0.6) is 0 Å². The van der Waals surface area contributed by atoms with Crippen molar-refractivity contribution in [1.82, 2.24) is 5.32 Å². The van der Waals surface area contributed by atoms with Crippen LogP contribution >= 0.6 is 23.4 Å². The van der Waals surface area contributed by atoms with Gasteiger partial charge in [-0.1, -0.05) is 35.9 Å². The number of halogens is 1. The average molecular weight is 321 g/mol. The lowest BCUT2D eigenvalue weighted by atomic mass is 10.3. The van der Waals surface area contributed by atoms with Gasteiger partial charge in [-0.15, -0.1) is 11.8 Å². The molecule has 110 valence electrons. The minimum Gasteiger partial charge on any atom is -0.325 e. The fourth-order valence-corrected chi connectivity index (χ4v) is 2.75. The number of benzene rings is 2. The molecular formula is C16H17ClN2OS. The van der Waals surface area contributed by atoms with E-state index in [1.54, 1.807) is 23.9 Å². The summed E-state index contributed by atoms with van der Waals surface area (Å²) < 4.78 is 0. The highest BCUT2D eigenvalue weighted by atomic mass is 35.5. The second kappa shape index (κ2) is 8.72. The van der Waals surface area contributed by atoms with Crippen LogP contribution in [0.3, 0.4) is 0 Å². The largest absolute Gasteiger partial charge is 0.325 e. The molecule has 0 aliphatic rings. The Morgan fingerprint density at radius 1 is 1.10 bits per heavy atom. The van der Waals surface area contributed by atoms with E-state index in [1.165, 1.54) is 4.90 Å². The normalized spacial score (nSPS) is 10.3. The van der Waals surface area contributed by atoms with Crippen LogP contribution in [0.2, 0.25) is 5.02 Å². The van der Waals surface area contributed by atoms with Gasteiger partial charge in [-0.3, -0.25) is 4.79 Å². The fraction of sp³-hybridized carbons (Fsp3) is 0.188. The number of thioether (sulfide) groups is 1. The summed E-state index contributed by atoms with van der Waals surface area (Å²) in [6.07, 6.45) is 0. The molecule has 0 spiro atoms. The smallest absolute Gasteiger partial charge is 0.238 e. The van der Waals surface area contributed by atoms with E-state index in [0.717, 1.165) is 12.3 Å². The predicted molar refractivity (Wildman–Crippen MR) is 90.1 cm³/mol. The Kier molecular flexibility index (Phi) is 6.60. The van der Waals surface area contributed by atoms with E-state index in [0.29, 0.717) is 17.3 Å². The molecule has 0 aliphatic heterocycles. The summed E-state index contributed by atoms with van der Waals surface area (Å²) in [6.45, 7) is 1.07. The maximum absolute atomic E-state index is 11.7. The number of hydrogen-bond donors (Lipinski definition) is 2. The molecule has 21 heavy (non-hydrogen) atoms. The SMILES string of the molecule is O=C(CNCCSc1ccccc1)Nc1cccc(Cl)c1. The van der Waals surface area contributed by atoms with Gasteiger partial charge in [0.2, 0.25) is 5.91 Å². The maximum atomic E-state index is 11.7. The van der Waals surface area contributed by atoms with Crippen molar-refractivity contribution in [3.8, 4) is 0 Å². The Morgan fingerprint density at radius 2 is 1.90 bits per heavy atom. The summed E-state index contributed by atoms with van der Waals surface area (Å²) in [7, 11) is 0. The molecule has 0 fully saturated rings. The standard InChI is InChI=1S/C16H17ClN2OS/c17-13-5-4-6-14(11-13)19-16(20)12-18-9-10-21-15-7-2-1-3-8-15/h1-8,11,18H,9-10,12H2,(H,19,20). The molecule has 2 rings (SSSR count). The van der Waals surface area contributed by atoms with Crippen molar-refractivity contribution in [2.24, 2.45) is 0 Å². The fourth-order valence-electron chi connectivity index (χ4n) is 1.73. The summed E-state index contributed by atoms with van der Waals surface area (Å²) >= 11 is 7.63. The first-order valence-corrected chi connectivity index (χ1v) is 8.04. The van der Waals surface area contributed by atoms with Gasteiger partial charge >= 0.3 is 0 Å². The highest BCUT2D eigenvalue weighted by molar-refractivity contribution is 7.99. The van der Waals surface area contributed by atoms with Crippen LogP contribution in [0, 0.1) is 0 Å². The van der Waals surface area contributed by atoms with Crippen LogP contribution in [0.1, 0.15) is 0 Å². The zero-order chi connectivity index (χ0) is 14.9. The second-order valence-corrected chi connectivity index (χ2v) is 6.00. The van der Waals surface area contributed by atoms with Crippen molar-refractivity contribution in [2.75, 3.05) is 24.2 Å². The molecule has 3 nitrogen and oxygen atoms in total. The number of carbonyl (C=O) groups is 1. The van der Waals surface area contributed by atoms with E-state index in [9.17, 15) is 4.79 Å². The lowest BCUT2D eigenvalue weighted by molar-refractivity contribution is -0.115. The van der Waals surface area contributed by atoms with Gasteiger partial charge in [0.15, 0.2) is 0 Å². The number of amides is 1. The van der Waals surface area contributed by atoms with Crippen molar-refractivity contribution in [2.45, 2.75) is 4.90 Å². The third-order valence-electron chi connectivity index (χ3n) is 2.68. The Labute approximate surface area is 134 Å². The summed E-state index contributed by atoms with van der Waals surface area (Å²) in [6, 6.07) is 17.3. The van der Waals surface area contributed by atoms with Crippen LogP contribution in [-0.4, -0.2) is 24.7 Å². The Bertz CT molecular complexity index is 577. The van der Waals surface area contributed by atoms with Crippen molar-refractivity contribution < 1.29 is 4.79 Å². The zero-order valence-electron chi connectivity index (χ0n) is 11.5. The van der Waals surface area contributed by atoms with Crippen molar-refractivity contribution in [1.29, 1.82) is 0 Å². The summed E-state index contributed by atoms with van der Waals surface area (Å²) in [4.78, 5) is 13.0. The number of rotatable bonds is 7. The Hall–Kier alpha value is -1.49. The van der Waals surface area contributed by atoms with Gasteiger partial charge in [0, 0.05) is 27.9 Å². The molecule has 0 saturated carbocycles. The van der Waals surface area contributed by atoms with Crippen LogP contribution in [0.4, 0.5) is 5.69 Å². The molecular weight excluding hydrogens is 304 g/mol. The van der Waals surface area contributed by atoms with E-state index in [4.69, 9.17) is 11.6 Å². The minimum atomic E-state index is -0.0676. The molecule has 0 atom stereocenters. The van der Waals surface area contributed by atoms with Crippen molar-refractivity contribution >= 4 is 35.0 Å². The number of nitrogens with one attached hydrogen (secondary N) is 2. The maximum Gasteiger partial charge on any atom is 0.238 e. The van der Waals surface area contributed by atoms with Gasteiger partial charge in [0.1, 0.15) is 0 Å². The van der Waals surface area contributed by atoms with Crippen molar-refractivity contribution in [3.63, 3.8) is 0 Å². The van der Waals surface area contributed by atoms with Crippen LogP contribution in [0.15, 0.2) is 59.5 Å². The molecule has 1 amide bonds. The van der Waals surface area contributed by atoms with Crippen LogP contribution < -0.4 is 10.6 Å². The van der Waals surface area contributed by atoms with Crippen molar-refractivity contribution in [3.05, 3.63) is 59.6 Å². The molecule has 0 radical (unpaired) electrons. The summed E-state index contributed by atoms with van der Waals surface area (Å²) in [5, 5.41) is 6.53. The van der Waals surface area contributed by atoms with Crippen LogP contribution in [-0.2, 0) is 4.79 Å². The van der Waals surface area contributed by atoms with Gasteiger partial charge in [0.25, 0.3) is 0 Å². The van der Waals surface area contributed by atoms with Crippen LogP contribution in [0.25, 0.3) is 0 Å². The van der Waals surface area contributed by atoms with Gasteiger partial charge in [-0.25, -0.2) is 0 Å². The molecule has 0 aliphatic carbocycles. The highest BCUT2D eigenvalue weighted by Crippen LogP contribution is 2.16. The first kappa shape index (κ1) is 15.9. The molecule has 2 aromatic carbocycles. The predicted octanol–water partition coefficient (Wildman–Crippen LogP) is 3.66. The third kappa shape index (κ3) is 6.21. The van der Waals surface area contributed by atoms with E-state index < -0.39 is 0 Å². The van der Waals surface area contributed by atoms with E-state index in [1.807, 2.05) is 30.3 Å². The monoisotopic (exact) mass is 320 g/mol. The number of carbonyl (C=O) groups excluding carboxylic acids is 1. The van der Waals surface area contributed by atoms with Gasteiger partial charge in [-0.2, -0.15) is 0 Å². The zero-order valence-corrected chi connectivity index (χ0v) is 13.1. The lowest BCUT2D eigenvalue weighted by Crippen LogP contribution is -2.29. The molecule has 0 aromatic heterocycles. The topological polar surface area (TPSA) is 41.1 Å².